The van der Waals surface area contributed by atoms with E-state index in [0.717, 1.165) is 37.4 Å². The van der Waals surface area contributed by atoms with Crippen molar-refractivity contribution in [3.05, 3.63) is 47.3 Å². The Morgan fingerprint density at radius 1 is 1.08 bits per heavy atom. The monoisotopic (exact) mass is 467 g/mol. The summed E-state index contributed by atoms with van der Waals surface area (Å²) in [5.41, 5.74) is 3.45. The molecule has 0 unspecified atom stereocenters. The standard InChI is InChI=1S/C20H26N3S.HI/c1-5-23(6-2)12-11-22(4)16-8-10-18-20(14-16)24-19-13-15(3)7-9-17(19)21-18;/h7-10,13-14H,5-6,11-12H2,1-4H3;1H/q+1;/p-1. The summed E-state index contributed by atoms with van der Waals surface area (Å²) in [5.74, 6) is 0. The van der Waals surface area contributed by atoms with Gasteiger partial charge in [-0.2, -0.15) is 0 Å². The summed E-state index contributed by atoms with van der Waals surface area (Å²) in [6.07, 6.45) is 0. The van der Waals surface area contributed by atoms with Crippen LogP contribution in [0.15, 0.2) is 36.4 Å². The summed E-state index contributed by atoms with van der Waals surface area (Å²) >= 11 is 1.83. The fourth-order valence-corrected chi connectivity index (χ4v) is 4.02. The molecule has 1 aromatic rings. The third-order valence-corrected chi connectivity index (χ3v) is 5.70. The second kappa shape index (κ2) is 9.05. The molecule has 1 heterocycles. The highest BCUT2D eigenvalue weighted by Gasteiger charge is 2.10. The quantitative estimate of drug-likeness (QED) is 0.309. The number of aromatic nitrogens is 1. The van der Waals surface area contributed by atoms with Crippen LogP contribution in [0.2, 0.25) is 0 Å². The summed E-state index contributed by atoms with van der Waals surface area (Å²) in [5, 5.41) is 1.26. The Kier molecular flexibility index (Phi) is 7.34. The van der Waals surface area contributed by atoms with E-state index in [1.807, 2.05) is 11.3 Å². The van der Waals surface area contributed by atoms with Crippen molar-refractivity contribution in [3.8, 4) is 10.6 Å². The average molecular weight is 467 g/mol. The van der Waals surface area contributed by atoms with Gasteiger partial charge in [0, 0.05) is 12.1 Å². The number of likely N-dealkylation sites (N-methyl/N-ethyl adjacent to an activating group) is 2. The lowest BCUT2D eigenvalue weighted by Crippen LogP contribution is -3.00. The van der Waals surface area contributed by atoms with Crippen molar-refractivity contribution < 1.29 is 24.0 Å². The van der Waals surface area contributed by atoms with Crippen molar-refractivity contribution in [1.29, 1.82) is 0 Å². The van der Waals surface area contributed by atoms with Gasteiger partial charge in [0.25, 0.3) is 0 Å². The van der Waals surface area contributed by atoms with E-state index in [1.54, 1.807) is 0 Å². The third-order valence-electron chi connectivity index (χ3n) is 4.61. The highest BCUT2D eigenvalue weighted by atomic mass is 127. The Morgan fingerprint density at radius 3 is 2.56 bits per heavy atom. The van der Waals surface area contributed by atoms with Gasteiger partial charge in [0.15, 0.2) is 6.54 Å². The molecule has 0 amide bonds. The van der Waals surface area contributed by atoms with E-state index in [-0.39, 0.29) is 24.0 Å². The highest BCUT2D eigenvalue weighted by molar-refractivity contribution is 7.21. The molecular formula is C20H26IN3S. The van der Waals surface area contributed by atoms with Gasteiger partial charge in [-0.05, 0) is 43.8 Å². The lowest BCUT2D eigenvalue weighted by Gasteiger charge is -2.15. The smallest absolute Gasteiger partial charge is 0.201 e. The predicted molar refractivity (Wildman–Crippen MR) is 105 cm³/mol. The van der Waals surface area contributed by atoms with Crippen molar-refractivity contribution in [2.45, 2.75) is 20.8 Å². The Bertz CT molecular complexity index is 884. The van der Waals surface area contributed by atoms with E-state index in [1.165, 1.54) is 20.5 Å². The molecule has 0 aromatic heterocycles. The number of benzene rings is 2. The van der Waals surface area contributed by atoms with Crippen molar-refractivity contribution in [3.63, 3.8) is 0 Å². The maximum Gasteiger partial charge on any atom is 0.201 e. The maximum atomic E-state index is 4.80. The molecule has 1 aliphatic carbocycles. The van der Waals surface area contributed by atoms with Crippen molar-refractivity contribution in [1.82, 2.24) is 14.5 Å². The van der Waals surface area contributed by atoms with E-state index in [0.29, 0.717) is 0 Å². The zero-order valence-corrected chi connectivity index (χ0v) is 18.4. The summed E-state index contributed by atoms with van der Waals surface area (Å²) in [6.45, 7) is 10.9. The number of nitrogens with zero attached hydrogens (tertiary/aromatic N) is 3. The van der Waals surface area contributed by atoms with Crippen molar-refractivity contribution in [2.24, 2.45) is 0 Å². The van der Waals surface area contributed by atoms with Crippen LogP contribution < -0.4 is 33.9 Å². The summed E-state index contributed by atoms with van der Waals surface area (Å²) in [4.78, 5) is 8.51. The molecule has 134 valence electrons. The van der Waals surface area contributed by atoms with Crippen LogP contribution in [-0.2, 0) is 0 Å². The number of aryl methyl sites for hydroxylation is 1. The Hall–Kier alpha value is -1.05. The molecule has 2 aliphatic rings. The van der Waals surface area contributed by atoms with Crippen molar-refractivity contribution >= 4 is 21.6 Å². The molecule has 0 bridgehead atoms. The van der Waals surface area contributed by atoms with Gasteiger partial charge in [-0.25, -0.2) is 9.56 Å². The normalized spacial score (nSPS) is 12.5. The first kappa shape index (κ1) is 20.3. The minimum atomic E-state index is 0. The van der Waals surface area contributed by atoms with Crippen LogP contribution in [0.3, 0.4) is 0 Å². The first-order chi connectivity index (χ1) is 11.6. The number of rotatable bonds is 5. The van der Waals surface area contributed by atoms with Gasteiger partial charge in [-0.15, -0.1) is 11.3 Å². The molecule has 1 aromatic carbocycles. The van der Waals surface area contributed by atoms with Crippen LogP contribution in [-0.4, -0.2) is 43.1 Å². The lowest BCUT2D eigenvalue weighted by atomic mass is 10.2. The molecule has 0 atom stereocenters. The van der Waals surface area contributed by atoms with Gasteiger partial charge >= 0.3 is 0 Å². The molecule has 0 radical (unpaired) electrons. The molecule has 0 saturated carbocycles. The van der Waals surface area contributed by atoms with Crippen LogP contribution in [0.4, 0.5) is 0 Å². The van der Waals surface area contributed by atoms with Gasteiger partial charge < -0.3 is 24.0 Å². The van der Waals surface area contributed by atoms with E-state index in [2.05, 4.69) is 73.7 Å². The van der Waals surface area contributed by atoms with Crippen LogP contribution >= 0.6 is 11.3 Å². The zero-order valence-electron chi connectivity index (χ0n) is 15.4. The zero-order chi connectivity index (χ0) is 17.1. The SMILES string of the molecule is CCN(CC)CC[N+](C)=c1ccc2nc3ccc(C)cc3sc-2c1.[I-]. The average Bonchev–Trinajstić information content (AvgIpc) is 2.60. The molecule has 3 rings (SSSR count). The molecule has 0 fully saturated rings. The van der Waals surface area contributed by atoms with E-state index in [4.69, 9.17) is 4.98 Å². The fraction of sp³-hybridized carbons (Fsp3) is 0.400. The molecule has 3 nitrogen and oxygen atoms in total. The predicted octanol–water partition coefficient (Wildman–Crippen LogP) is 0.457. The Labute approximate surface area is 171 Å². The van der Waals surface area contributed by atoms with E-state index < -0.39 is 0 Å². The number of hydrogen-bond donors (Lipinski definition) is 0. The third kappa shape index (κ3) is 4.77. The first-order valence-electron chi connectivity index (χ1n) is 8.68. The first-order valence-corrected chi connectivity index (χ1v) is 9.50. The molecule has 1 aliphatic heterocycles. The number of fused-ring (bicyclic) bond motifs is 2. The molecule has 0 spiro atoms. The molecule has 0 N–H and O–H groups in total. The fourth-order valence-electron chi connectivity index (χ4n) is 2.92. The highest BCUT2D eigenvalue weighted by Crippen LogP contribution is 2.29. The van der Waals surface area contributed by atoms with Crippen LogP contribution in [0.5, 0.6) is 0 Å². The van der Waals surface area contributed by atoms with Gasteiger partial charge in [-0.1, -0.05) is 19.9 Å². The largest absolute Gasteiger partial charge is 1.00 e. The van der Waals surface area contributed by atoms with Gasteiger partial charge in [0.05, 0.1) is 27.3 Å². The van der Waals surface area contributed by atoms with Crippen LogP contribution in [0.25, 0.3) is 20.8 Å². The topological polar surface area (TPSA) is 19.1 Å². The van der Waals surface area contributed by atoms with E-state index in [9.17, 15) is 0 Å². The molecule has 25 heavy (non-hydrogen) atoms. The number of halogens is 1. The summed E-state index contributed by atoms with van der Waals surface area (Å²) < 4.78 is 3.59. The second-order valence-electron chi connectivity index (χ2n) is 6.29. The van der Waals surface area contributed by atoms with Crippen LogP contribution in [0.1, 0.15) is 19.4 Å². The minimum Gasteiger partial charge on any atom is -1.00 e. The number of hydrogen-bond acceptors (Lipinski definition) is 3. The molecule has 0 saturated heterocycles. The molecule has 5 heteroatoms. The Morgan fingerprint density at radius 2 is 1.84 bits per heavy atom. The van der Waals surface area contributed by atoms with Gasteiger partial charge in [-0.3, -0.25) is 4.90 Å². The molecular weight excluding hydrogens is 441 g/mol. The van der Waals surface area contributed by atoms with Crippen molar-refractivity contribution in [2.75, 3.05) is 33.2 Å². The van der Waals surface area contributed by atoms with Gasteiger partial charge in [0.2, 0.25) is 5.36 Å². The lowest BCUT2D eigenvalue weighted by molar-refractivity contribution is -0.00000506. The second-order valence-corrected chi connectivity index (χ2v) is 7.37. The summed E-state index contributed by atoms with van der Waals surface area (Å²) in [6, 6.07) is 13.1. The maximum absolute atomic E-state index is 4.80. The van der Waals surface area contributed by atoms with Crippen LogP contribution in [0, 0.1) is 6.92 Å². The summed E-state index contributed by atoms with van der Waals surface area (Å²) in [7, 11) is 2.17. The Balaban J connectivity index is 0.00000225. The van der Waals surface area contributed by atoms with Gasteiger partial charge in [0.1, 0.15) is 7.05 Å². The minimum absolute atomic E-state index is 0. The van der Waals surface area contributed by atoms with E-state index >= 15 is 0 Å².